The van der Waals surface area contributed by atoms with E-state index < -0.39 is 20.1 Å². The number of sulfone groups is 1. The van der Waals surface area contributed by atoms with Crippen LogP contribution in [0.2, 0.25) is 0 Å². The van der Waals surface area contributed by atoms with Crippen molar-refractivity contribution in [2.45, 2.75) is 54.0 Å². The lowest BCUT2D eigenvalue weighted by Gasteiger charge is -2.34. The van der Waals surface area contributed by atoms with E-state index in [1.165, 1.54) is 12.3 Å². The van der Waals surface area contributed by atoms with Gasteiger partial charge in [0.25, 0.3) is 0 Å². The summed E-state index contributed by atoms with van der Waals surface area (Å²) < 4.78 is 32.0. The molecule has 1 aliphatic heterocycles. The smallest absolute Gasteiger partial charge is 0.319 e. The molecule has 2 amide bonds. The van der Waals surface area contributed by atoms with Gasteiger partial charge >= 0.3 is 6.03 Å². The zero-order valence-corrected chi connectivity index (χ0v) is 23.0. The van der Waals surface area contributed by atoms with Gasteiger partial charge in [-0.3, -0.25) is 0 Å². The summed E-state index contributed by atoms with van der Waals surface area (Å²) >= 11 is 0. The fraction of sp³-hybridized carbons (Fsp3) is 0.429. The number of carbonyl (C=O) groups is 1. The third-order valence-corrected chi connectivity index (χ3v) is 10.3. The maximum atomic E-state index is 13.8. The summed E-state index contributed by atoms with van der Waals surface area (Å²) in [7, 11) is -3.79. The number of benzene rings is 1. The summed E-state index contributed by atoms with van der Waals surface area (Å²) in [5, 5.41) is 15.1. The molecule has 0 spiro atoms. The Bertz CT molecular complexity index is 1510. The summed E-state index contributed by atoms with van der Waals surface area (Å²) in [4.78, 5) is 28.3. The first kappa shape index (κ1) is 26.6. The van der Waals surface area contributed by atoms with Crippen LogP contribution in [0.1, 0.15) is 38.3 Å². The normalized spacial score (nSPS) is 20.9. The number of ether oxygens (including phenoxy) is 1. The molecule has 3 heterocycles. The van der Waals surface area contributed by atoms with E-state index in [0.29, 0.717) is 61.2 Å². The maximum absolute atomic E-state index is 13.8. The number of pyridine rings is 1. The summed E-state index contributed by atoms with van der Waals surface area (Å²) in [5.74, 6) is 1.06. The number of rotatable bonds is 8. The van der Waals surface area contributed by atoms with Crippen LogP contribution in [0.3, 0.4) is 0 Å². The highest BCUT2D eigenvalue weighted by molar-refractivity contribution is 7.92. The molecule has 3 N–H and O–H groups in total. The van der Waals surface area contributed by atoms with E-state index in [9.17, 15) is 18.3 Å². The lowest BCUT2D eigenvalue weighted by molar-refractivity contribution is 0.0985. The van der Waals surface area contributed by atoms with Gasteiger partial charge in [0.1, 0.15) is 10.6 Å². The van der Waals surface area contributed by atoms with Crippen LogP contribution < -0.4 is 15.5 Å². The van der Waals surface area contributed by atoms with Crippen molar-refractivity contribution in [2.24, 2.45) is 0 Å². The number of nitrogens with one attached hydrogen (secondary N) is 2. The zero-order valence-electron chi connectivity index (χ0n) is 22.2. The van der Waals surface area contributed by atoms with Gasteiger partial charge in [0.05, 0.1) is 37.1 Å². The van der Waals surface area contributed by atoms with Crippen LogP contribution in [0.5, 0.6) is 0 Å². The molecule has 2 saturated carbocycles. The largest absolute Gasteiger partial charge is 0.394 e. The van der Waals surface area contributed by atoms with Crippen LogP contribution in [0, 0.1) is 0 Å². The van der Waals surface area contributed by atoms with E-state index in [2.05, 4.69) is 20.5 Å². The van der Waals surface area contributed by atoms with E-state index in [0.717, 1.165) is 12.8 Å². The van der Waals surface area contributed by atoms with Crippen LogP contribution in [0.25, 0.3) is 11.4 Å². The van der Waals surface area contributed by atoms with Crippen molar-refractivity contribution in [3.8, 4) is 11.4 Å². The summed E-state index contributed by atoms with van der Waals surface area (Å²) in [6.45, 7) is 3.69. The van der Waals surface area contributed by atoms with Crippen LogP contribution >= 0.6 is 0 Å². The number of aliphatic hydroxyl groups is 1. The van der Waals surface area contributed by atoms with Crippen molar-refractivity contribution in [3.63, 3.8) is 0 Å². The Kier molecular flexibility index (Phi) is 6.71. The topological polar surface area (TPSA) is 147 Å². The first-order valence-electron chi connectivity index (χ1n) is 13.5. The summed E-state index contributed by atoms with van der Waals surface area (Å²) in [5.41, 5.74) is 1.21. The molecule has 2 aliphatic carbocycles. The van der Waals surface area contributed by atoms with Gasteiger partial charge in [-0.2, -0.15) is 0 Å². The molecule has 6 rings (SSSR count). The molecule has 12 heteroatoms. The van der Waals surface area contributed by atoms with Gasteiger partial charge in [-0.1, -0.05) is 6.07 Å². The Morgan fingerprint density at radius 2 is 1.90 bits per heavy atom. The fourth-order valence-corrected chi connectivity index (χ4v) is 6.95. The van der Waals surface area contributed by atoms with Crippen molar-refractivity contribution in [1.29, 1.82) is 0 Å². The number of carbonyl (C=O) groups excluding carboxylic acids is 1. The molecule has 11 nitrogen and oxygen atoms in total. The third kappa shape index (κ3) is 4.91. The second-order valence-electron chi connectivity index (χ2n) is 10.8. The number of aliphatic hydroxyl groups excluding tert-OH is 1. The highest BCUT2D eigenvalue weighted by Gasteiger charge is 2.58. The number of amides is 2. The third-order valence-electron chi connectivity index (χ3n) is 7.91. The van der Waals surface area contributed by atoms with E-state index in [4.69, 9.17) is 14.7 Å². The predicted molar refractivity (Wildman–Crippen MR) is 149 cm³/mol. The second kappa shape index (κ2) is 10.1. The van der Waals surface area contributed by atoms with Gasteiger partial charge in [-0.05, 0) is 69.0 Å². The predicted octanol–water partition coefficient (Wildman–Crippen LogP) is 2.87. The lowest BCUT2D eigenvalue weighted by Crippen LogP contribution is -2.44. The molecular formula is C28H32N6O5S. The molecule has 210 valence electrons. The molecule has 3 aromatic rings. The number of morpholine rings is 1. The van der Waals surface area contributed by atoms with E-state index >= 15 is 0 Å². The number of hydrogen-bond acceptors (Lipinski definition) is 9. The molecule has 3 fully saturated rings. The Morgan fingerprint density at radius 1 is 1.12 bits per heavy atom. The second-order valence-corrected chi connectivity index (χ2v) is 13.0. The van der Waals surface area contributed by atoms with Gasteiger partial charge in [0.15, 0.2) is 10.9 Å². The van der Waals surface area contributed by atoms with Crippen molar-refractivity contribution in [2.75, 3.05) is 36.6 Å². The summed E-state index contributed by atoms with van der Waals surface area (Å²) in [6, 6.07) is 13.5. The van der Waals surface area contributed by atoms with Gasteiger partial charge in [0.2, 0.25) is 9.84 Å². The summed E-state index contributed by atoms with van der Waals surface area (Å²) in [6.07, 6.45) is 3.90. The monoisotopic (exact) mass is 564 g/mol. The van der Waals surface area contributed by atoms with Gasteiger partial charge in [-0.15, -0.1) is 0 Å². The number of hydrogen-bond donors (Lipinski definition) is 3. The van der Waals surface area contributed by atoms with Gasteiger partial charge in [0, 0.05) is 30.1 Å². The number of aromatic nitrogens is 3. The molecule has 0 radical (unpaired) electrons. The Balaban J connectivity index is 1.34. The van der Waals surface area contributed by atoms with Crippen LogP contribution in [0.15, 0.2) is 59.8 Å². The van der Waals surface area contributed by atoms with Crippen LogP contribution in [-0.4, -0.2) is 72.5 Å². The van der Waals surface area contributed by atoms with Crippen LogP contribution in [0.4, 0.5) is 16.3 Å². The van der Waals surface area contributed by atoms with Crippen molar-refractivity contribution in [1.82, 2.24) is 20.3 Å². The molecular weight excluding hydrogens is 532 g/mol. The molecule has 2 aromatic heterocycles. The fourth-order valence-electron chi connectivity index (χ4n) is 5.07. The minimum Gasteiger partial charge on any atom is -0.394 e. The maximum Gasteiger partial charge on any atom is 0.319 e. The standard InChI is InChI=1S/C28H32N6O5S/c1-19-17-39-15-14-34(19)23-16-22(28(11-12-28)40(37,38)24-4-2-3-13-29-24)31-25(32-23)20-5-7-21(8-6-20)30-26(36)33-27(18-35)9-10-27/h2-8,13,16,19,35H,9-12,14-15,17-18H2,1H3,(H2,30,33,36)/t19-/m0/s1. The highest BCUT2D eigenvalue weighted by Crippen LogP contribution is 2.54. The average Bonchev–Trinajstić information content (AvgIpc) is 3.90. The molecule has 40 heavy (non-hydrogen) atoms. The Labute approximate surface area is 232 Å². The Morgan fingerprint density at radius 3 is 2.52 bits per heavy atom. The first-order valence-corrected chi connectivity index (χ1v) is 14.9. The molecule has 0 unspecified atom stereocenters. The number of anilines is 2. The molecule has 3 aliphatic rings. The van der Waals surface area contributed by atoms with E-state index in [1.54, 1.807) is 42.5 Å². The van der Waals surface area contributed by atoms with Gasteiger partial charge in [-0.25, -0.2) is 28.2 Å². The zero-order chi connectivity index (χ0) is 28.0. The molecule has 1 aromatic carbocycles. The van der Waals surface area contributed by atoms with E-state index in [-0.39, 0.29) is 23.7 Å². The highest BCUT2D eigenvalue weighted by atomic mass is 32.2. The molecule has 1 atom stereocenters. The Hall–Kier alpha value is -3.61. The molecule has 0 bridgehead atoms. The molecule has 1 saturated heterocycles. The number of nitrogens with zero attached hydrogens (tertiary/aromatic N) is 4. The van der Waals surface area contributed by atoms with Crippen molar-refractivity contribution >= 4 is 27.4 Å². The minimum absolute atomic E-state index is 0.0387. The SMILES string of the molecule is C[C@H]1COCCN1c1cc(C2(S(=O)(=O)c3ccccn3)CC2)nc(-c2ccc(NC(=O)NC3(CO)CC3)cc2)n1. The van der Waals surface area contributed by atoms with Crippen LogP contribution in [-0.2, 0) is 19.3 Å². The van der Waals surface area contributed by atoms with Crippen molar-refractivity contribution in [3.05, 3.63) is 60.4 Å². The lowest BCUT2D eigenvalue weighted by atomic mass is 10.1. The minimum atomic E-state index is -3.79. The number of urea groups is 1. The average molecular weight is 565 g/mol. The van der Waals surface area contributed by atoms with Crippen molar-refractivity contribution < 1.29 is 23.1 Å². The quantitative estimate of drug-likeness (QED) is 0.376. The van der Waals surface area contributed by atoms with E-state index in [1.807, 2.05) is 6.92 Å². The van der Waals surface area contributed by atoms with Gasteiger partial charge < -0.3 is 25.4 Å². The first-order chi connectivity index (χ1) is 19.3.